The van der Waals surface area contributed by atoms with Gasteiger partial charge >= 0.3 is 0 Å². The van der Waals surface area contributed by atoms with Gasteiger partial charge in [-0.15, -0.1) is 11.3 Å². The van der Waals surface area contributed by atoms with E-state index in [0.29, 0.717) is 17.2 Å². The molecule has 1 N–H and O–H groups in total. The van der Waals surface area contributed by atoms with Gasteiger partial charge in [-0.2, -0.15) is 4.31 Å². The van der Waals surface area contributed by atoms with Gasteiger partial charge in [0.1, 0.15) is 5.75 Å². The van der Waals surface area contributed by atoms with Crippen LogP contribution < -0.4 is 10.1 Å². The number of methoxy groups -OCH3 is 1. The summed E-state index contributed by atoms with van der Waals surface area (Å²) in [4.78, 5) is 17.3. The minimum absolute atomic E-state index is 0.0125. The highest BCUT2D eigenvalue weighted by Crippen LogP contribution is 2.28. The number of anilines is 1. The zero-order valence-electron chi connectivity index (χ0n) is 17.9. The van der Waals surface area contributed by atoms with Crippen LogP contribution in [0.5, 0.6) is 5.75 Å². The van der Waals surface area contributed by atoms with Crippen LogP contribution in [0, 0.1) is 0 Å². The zero-order valence-corrected chi connectivity index (χ0v) is 19.6. The molecule has 1 atom stereocenters. The average molecular weight is 472 g/mol. The van der Waals surface area contributed by atoms with Crippen LogP contribution in [0.4, 0.5) is 5.13 Å². The number of benzene rings is 2. The minimum atomic E-state index is -3.56. The molecule has 2 heterocycles. The van der Waals surface area contributed by atoms with Gasteiger partial charge in [0.2, 0.25) is 10.0 Å². The Hall–Kier alpha value is -2.75. The second kappa shape index (κ2) is 9.40. The Kier molecular flexibility index (Phi) is 6.59. The quantitative estimate of drug-likeness (QED) is 0.566. The molecule has 7 nitrogen and oxygen atoms in total. The van der Waals surface area contributed by atoms with Crippen LogP contribution in [0.1, 0.15) is 36.5 Å². The number of ether oxygens (including phenoxy) is 1. The maximum atomic E-state index is 13.0. The summed E-state index contributed by atoms with van der Waals surface area (Å²) in [5, 5.41) is 5.12. The van der Waals surface area contributed by atoms with Crippen molar-refractivity contribution in [2.75, 3.05) is 19.0 Å². The van der Waals surface area contributed by atoms with Crippen LogP contribution in [-0.4, -0.2) is 43.3 Å². The molecule has 0 radical (unpaired) electrons. The third-order valence-electron chi connectivity index (χ3n) is 5.58. The molecule has 0 bridgehead atoms. The molecule has 9 heteroatoms. The predicted octanol–water partition coefficient (Wildman–Crippen LogP) is 4.63. The van der Waals surface area contributed by atoms with Crippen molar-refractivity contribution in [1.29, 1.82) is 0 Å². The van der Waals surface area contributed by atoms with Crippen LogP contribution >= 0.6 is 11.3 Å². The number of hydrogen-bond donors (Lipinski definition) is 1. The van der Waals surface area contributed by atoms with E-state index < -0.39 is 10.0 Å². The average Bonchev–Trinajstić information content (AvgIpc) is 3.28. The summed E-state index contributed by atoms with van der Waals surface area (Å²) in [6.45, 7) is 2.47. The SMILES string of the molecule is COc1ccc(-c2csc(NC(=O)c3ccc(S(=O)(=O)N4CCCCC4C)cc3)n2)cc1. The van der Waals surface area contributed by atoms with Crippen molar-refractivity contribution < 1.29 is 17.9 Å². The first-order valence-electron chi connectivity index (χ1n) is 10.4. The minimum Gasteiger partial charge on any atom is -0.497 e. The second-order valence-corrected chi connectivity index (χ2v) is 10.5. The Morgan fingerprint density at radius 3 is 2.50 bits per heavy atom. The van der Waals surface area contributed by atoms with E-state index in [0.717, 1.165) is 36.3 Å². The van der Waals surface area contributed by atoms with Crippen molar-refractivity contribution in [3.8, 4) is 17.0 Å². The van der Waals surface area contributed by atoms with Crippen LogP contribution in [0.15, 0.2) is 58.8 Å². The molecule has 2 aromatic carbocycles. The first kappa shape index (κ1) is 22.4. The molecule has 168 valence electrons. The van der Waals surface area contributed by atoms with Crippen molar-refractivity contribution >= 4 is 32.4 Å². The van der Waals surface area contributed by atoms with Crippen molar-refractivity contribution in [3.63, 3.8) is 0 Å². The molecule has 0 saturated carbocycles. The van der Waals surface area contributed by atoms with E-state index in [1.807, 2.05) is 36.6 Å². The van der Waals surface area contributed by atoms with Gasteiger partial charge in [-0.3, -0.25) is 10.1 Å². The fourth-order valence-electron chi connectivity index (χ4n) is 3.74. The maximum Gasteiger partial charge on any atom is 0.257 e. The standard InChI is InChI=1S/C23H25N3O4S2/c1-16-5-3-4-14-26(16)32(28,29)20-12-8-18(9-13-20)22(27)25-23-24-21(15-31-23)17-6-10-19(30-2)11-7-17/h6-13,15-16H,3-5,14H2,1-2H3,(H,24,25,27). The molecule has 1 aliphatic heterocycles. The summed E-state index contributed by atoms with van der Waals surface area (Å²) in [5.41, 5.74) is 2.05. The molecule has 1 saturated heterocycles. The molecule has 1 aliphatic rings. The zero-order chi connectivity index (χ0) is 22.7. The number of carbonyl (C=O) groups is 1. The smallest absolute Gasteiger partial charge is 0.257 e. The van der Waals surface area contributed by atoms with E-state index in [1.54, 1.807) is 11.4 Å². The Morgan fingerprint density at radius 2 is 1.84 bits per heavy atom. The van der Waals surface area contributed by atoms with Crippen LogP contribution in [0.3, 0.4) is 0 Å². The van der Waals surface area contributed by atoms with Crippen molar-refractivity contribution in [2.24, 2.45) is 0 Å². The van der Waals surface area contributed by atoms with Gasteiger partial charge in [0.05, 0.1) is 17.7 Å². The number of aromatic nitrogens is 1. The Morgan fingerprint density at radius 1 is 1.12 bits per heavy atom. The summed E-state index contributed by atoms with van der Waals surface area (Å²) >= 11 is 1.33. The first-order valence-corrected chi connectivity index (χ1v) is 12.7. The van der Waals surface area contributed by atoms with Crippen molar-refractivity contribution in [1.82, 2.24) is 9.29 Å². The van der Waals surface area contributed by atoms with E-state index >= 15 is 0 Å². The van der Waals surface area contributed by atoms with E-state index in [1.165, 1.54) is 35.6 Å². The number of piperidine rings is 1. The fraction of sp³-hybridized carbons (Fsp3) is 0.304. The van der Waals surface area contributed by atoms with Gasteiger partial charge in [-0.1, -0.05) is 6.42 Å². The number of nitrogens with zero attached hydrogens (tertiary/aromatic N) is 2. The highest BCUT2D eigenvalue weighted by atomic mass is 32.2. The third-order valence-corrected chi connectivity index (χ3v) is 8.36. The summed E-state index contributed by atoms with van der Waals surface area (Å²) in [7, 11) is -1.95. The normalized spacial score (nSPS) is 17.1. The van der Waals surface area contributed by atoms with E-state index in [-0.39, 0.29) is 16.8 Å². The molecule has 32 heavy (non-hydrogen) atoms. The number of hydrogen-bond acceptors (Lipinski definition) is 6. The number of amides is 1. The van der Waals surface area contributed by atoms with Gasteiger partial charge in [0.15, 0.2) is 5.13 Å². The topological polar surface area (TPSA) is 88.6 Å². The molecule has 0 spiro atoms. The second-order valence-electron chi connectivity index (χ2n) is 7.71. The lowest BCUT2D eigenvalue weighted by atomic mass is 10.1. The summed E-state index contributed by atoms with van der Waals surface area (Å²) < 4.78 is 32.6. The van der Waals surface area contributed by atoms with Gasteiger partial charge in [-0.05, 0) is 68.3 Å². The van der Waals surface area contributed by atoms with Crippen molar-refractivity contribution in [2.45, 2.75) is 37.1 Å². The number of rotatable bonds is 6. The van der Waals surface area contributed by atoms with Crippen LogP contribution in [-0.2, 0) is 10.0 Å². The van der Waals surface area contributed by atoms with Crippen molar-refractivity contribution in [3.05, 3.63) is 59.5 Å². The van der Waals surface area contributed by atoms with Gasteiger partial charge in [-0.25, -0.2) is 13.4 Å². The number of carbonyl (C=O) groups excluding carboxylic acids is 1. The van der Waals surface area contributed by atoms with Crippen LogP contribution in [0.25, 0.3) is 11.3 Å². The lowest BCUT2D eigenvalue weighted by Crippen LogP contribution is -2.41. The fourth-order valence-corrected chi connectivity index (χ4v) is 6.15. The van der Waals surface area contributed by atoms with E-state index in [4.69, 9.17) is 4.74 Å². The highest BCUT2D eigenvalue weighted by molar-refractivity contribution is 7.89. The summed E-state index contributed by atoms with van der Waals surface area (Å²) in [6.07, 6.45) is 2.78. The van der Waals surface area contributed by atoms with Gasteiger partial charge < -0.3 is 4.74 Å². The third kappa shape index (κ3) is 4.69. The number of nitrogens with one attached hydrogen (secondary N) is 1. The summed E-state index contributed by atoms with van der Waals surface area (Å²) in [5.74, 6) is 0.425. The Balaban J connectivity index is 1.45. The molecule has 1 unspecified atom stereocenters. The van der Waals surface area contributed by atoms with Crippen LogP contribution in [0.2, 0.25) is 0 Å². The predicted molar refractivity (Wildman–Crippen MR) is 126 cm³/mol. The lowest BCUT2D eigenvalue weighted by Gasteiger charge is -2.32. The molecule has 4 rings (SSSR count). The number of thiazole rings is 1. The molecule has 1 fully saturated rings. The molecule has 0 aliphatic carbocycles. The first-order chi connectivity index (χ1) is 15.4. The van der Waals surface area contributed by atoms with Gasteiger partial charge in [0.25, 0.3) is 5.91 Å². The monoisotopic (exact) mass is 471 g/mol. The van der Waals surface area contributed by atoms with Gasteiger partial charge in [0, 0.05) is 29.1 Å². The lowest BCUT2D eigenvalue weighted by molar-refractivity contribution is 0.102. The number of sulfonamides is 1. The Labute approximate surface area is 192 Å². The molecule has 1 amide bonds. The Bertz CT molecular complexity index is 1190. The molecule has 3 aromatic rings. The maximum absolute atomic E-state index is 13.0. The van der Waals surface area contributed by atoms with E-state index in [2.05, 4.69) is 10.3 Å². The summed E-state index contributed by atoms with van der Waals surface area (Å²) in [6, 6.07) is 13.6. The highest BCUT2D eigenvalue weighted by Gasteiger charge is 2.30. The molecular formula is C23H25N3O4S2. The molecular weight excluding hydrogens is 446 g/mol. The largest absolute Gasteiger partial charge is 0.497 e. The van der Waals surface area contributed by atoms with E-state index in [9.17, 15) is 13.2 Å². The molecule has 1 aromatic heterocycles.